The summed E-state index contributed by atoms with van der Waals surface area (Å²) in [5.74, 6) is -0.205. The van der Waals surface area contributed by atoms with Gasteiger partial charge in [-0.25, -0.2) is 9.18 Å². The van der Waals surface area contributed by atoms with Gasteiger partial charge in [0.05, 0.1) is 5.56 Å². The van der Waals surface area contributed by atoms with E-state index in [0.29, 0.717) is 18.8 Å². The van der Waals surface area contributed by atoms with Crippen LogP contribution in [0, 0.1) is 5.82 Å². The van der Waals surface area contributed by atoms with Gasteiger partial charge in [0, 0.05) is 30.9 Å². The number of anilines is 1. The number of nitrogens with zero attached hydrogens (tertiary/aromatic N) is 1. The van der Waals surface area contributed by atoms with Crippen molar-refractivity contribution in [3.05, 3.63) is 65.0 Å². The second kappa shape index (κ2) is 7.67. The van der Waals surface area contributed by atoms with Crippen LogP contribution >= 0.6 is 0 Å². The molecule has 1 atom stereocenters. The van der Waals surface area contributed by atoms with Crippen LogP contribution in [0.25, 0.3) is 0 Å². The molecule has 2 aliphatic rings. The Kier molecular flexibility index (Phi) is 5.21. The Morgan fingerprint density at radius 1 is 1.00 bits per heavy atom. The molecule has 0 aromatic heterocycles. The molecule has 8 heteroatoms. The third kappa shape index (κ3) is 4.53. The summed E-state index contributed by atoms with van der Waals surface area (Å²) < 4.78 is 51.1. The number of rotatable bonds is 3. The third-order valence-corrected chi connectivity index (χ3v) is 5.50. The van der Waals surface area contributed by atoms with Gasteiger partial charge in [0.25, 0.3) is 0 Å². The minimum Gasteiger partial charge on any atom is -0.321 e. The molecule has 2 aromatic carbocycles. The summed E-state index contributed by atoms with van der Waals surface area (Å²) >= 11 is 0. The SMILES string of the molecule is O=C(Nc1ccc(C(F)(F)F)cc1)N1CC(NC2CCc3cc(F)ccc3C2)C1. The fourth-order valence-corrected chi connectivity index (χ4v) is 3.89. The van der Waals surface area contributed by atoms with E-state index in [-0.39, 0.29) is 23.9 Å². The molecule has 2 N–H and O–H groups in total. The number of likely N-dealkylation sites (tertiary alicyclic amines) is 1. The number of hydrogen-bond donors (Lipinski definition) is 2. The maximum atomic E-state index is 13.3. The zero-order chi connectivity index (χ0) is 20.6. The molecule has 1 saturated heterocycles. The van der Waals surface area contributed by atoms with Crippen molar-refractivity contribution in [1.29, 1.82) is 0 Å². The van der Waals surface area contributed by atoms with Crippen LogP contribution in [-0.4, -0.2) is 36.1 Å². The Hall–Kier alpha value is -2.61. The number of nitrogens with one attached hydrogen (secondary N) is 2. The Morgan fingerprint density at radius 2 is 1.72 bits per heavy atom. The lowest BCUT2D eigenvalue weighted by molar-refractivity contribution is -0.137. The van der Waals surface area contributed by atoms with Crippen molar-refractivity contribution in [3.8, 4) is 0 Å². The summed E-state index contributed by atoms with van der Waals surface area (Å²) in [7, 11) is 0. The van der Waals surface area contributed by atoms with Gasteiger partial charge in [-0.15, -0.1) is 0 Å². The van der Waals surface area contributed by atoms with Crippen molar-refractivity contribution >= 4 is 11.7 Å². The highest BCUT2D eigenvalue weighted by atomic mass is 19.4. The molecule has 2 amide bonds. The molecule has 1 heterocycles. The van der Waals surface area contributed by atoms with Crippen LogP contribution in [0.1, 0.15) is 23.1 Å². The number of halogens is 4. The van der Waals surface area contributed by atoms with E-state index in [1.807, 2.05) is 6.07 Å². The number of carbonyl (C=O) groups excluding carboxylic acids is 1. The fourth-order valence-electron chi connectivity index (χ4n) is 3.89. The van der Waals surface area contributed by atoms with Crippen LogP contribution in [-0.2, 0) is 19.0 Å². The molecule has 1 aliphatic carbocycles. The van der Waals surface area contributed by atoms with E-state index in [1.54, 1.807) is 11.0 Å². The van der Waals surface area contributed by atoms with Crippen molar-refractivity contribution in [1.82, 2.24) is 10.2 Å². The van der Waals surface area contributed by atoms with Crippen molar-refractivity contribution in [2.45, 2.75) is 37.5 Å². The molecule has 0 bridgehead atoms. The minimum absolute atomic E-state index is 0.181. The standard InChI is InChI=1S/C21H21F4N3O/c22-16-5-1-14-10-18(6-2-13(14)9-16)26-19-11-28(12-19)20(29)27-17-7-3-15(4-8-17)21(23,24)25/h1,3-5,7-9,18-19,26H,2,6,10-12H2,(H,27,29). The van der Waals surface area contributed by atoms with Crippen LogP contribution < -0.4 is 10.6 Å². The zero-order valence-electron chi connectivity index (χ0n) is 15.6. The smallest absolute Gasteiger partial charge is 0.321 e. The number of aryl methyl sites for hydroxylation is 1. The first-order chi connectivity index (χ1) is 13.8. The molecule has 2 aromatic rings. The first-order valence-corrected chi connectivity index (χ1v) is 9.54. The predicted molar refractivity (Wildman–Crippen MR) is 101 cm³/mol. The molecule has 1 unspecified atom stereocenters. The molecule has 29 heavy (non-hydrogen) atoms. The summed E-state index contributed by atoms with van der Waals surface area (Å²) in [6.45, 7) is 1.08. The summed E-state index contributed by atoms with van der Waals surface area (Å²) in [6.07, 6.45) is -1.81. The summed E-state index contributed by atoms with van der Waals surface area (Å²) in [5, 5.41) is 6.16. The lowest BCUT2D eigenvalue weighted by atomic mass is 9.87. The van der Waals surface area contributed by atoms with Gasteiger partial charge in [0.2, 0.25) is 0 Å². The molecule has 0 spiro atoms. The quantitative estimate of drug-likeness (QED) is 0.749. The summed E-state index contributed by atoms with van der Waals surface area (Å²) in [6, 6.07) is 9.46. The predicted octanol–water partition coefficient (Wildman–Crippen LogP) is 4.21. The van der Waals surface area contributed by atoms with E-state index in [4.69, 9.17) is 0 Å². The van der Waals surface area contributed by atoms with Crippen LogP contribution in [0.4, 0.5) is 28.0 Å². The molecule has 4 rings (SSSR count). The summed E-state index contributed by atoms with van der Waals surface area (Å²) in [5.41, 5.74) is 1.80. The molecule has 0 saturated carbocycles. The number of urea groups is 1. The first-order valence-electron chi connectivity index (χ1n) is 9.54. The minimum atomic E-state index is -4.40. The highest BCUT2D eigenvalue weighted by Gasteiger charge is 2.33. The lowest BCUT2D eigenvalue weighted by Gasteiger charge is -2.42. The molecule has 0 radical (unpaired) electrons. The Bertz CT molecular complexity index is 892. The van der Waals surface area contributed by atoms with Gasteiger partial charge in [-0.2, -0.15) is 13.2 Å². The number of fused-ring (bicyclic) bond motifs is 1. The van der Waals surface area contributed by atoms with E-state index < -0.39 is 11.7 Å². The third-order valence-electron chi connectivity index (χ3n) is 5.50. The van der Waals surface area contributed by atoms with Crippen molar-refractivity contribution in [2.75, 3.05) is 18.4 Å². The van der Waals surface area contributed by atoms with Gasteiger partial charge in [-0.05, 0) is 66.8 Å². The molecule has 1 aliphatic heterocycles. The number of hydrogen-bond acceptors (Lipinski definition) is 2. The molecule has 1 fully saturated rings. The van der Waals surface area contributed by atoms with E-state index in [1.165, 1.54) is 18.2 Å². The first kappa shape index (κ1) is 19.7. The number of carbonyl (C=O) groups is 1. The van der Waals surface area contributed by atoms with E-state index in [0.717, 1.165) is 42.5 Å². The number of alkyl halides is 3. The zero-order valence-corrected chi connectivity index (χ0v) is 15.6. The monoisotopic (exact) mass is 407 g/mol. The van der Waals surface area contributed by atoms with Crippen LogP contribution in [0.15, 0.2) is 42.5 Å². The number of amides is 2. The van der Waals surface area contributed by atoms with E-state index in [2.05, 4.69) is 10.6 Å². The van der Waals surface area contributed by atoms with Crippen LogP contribution in [0.3, 0.4) is 0 Å². The number of benzene rings is 2. The van der Waals surface area contributed by atoms with Gasteiger partial charge >= 0.3 is 12.2 Å². The second-order valence-corrected chi connectivity index (χ2v) is 7.63. The van der Waals surface area contributed by atoms with E-state index >= 15 is 0 Å². The van der Waals surface area contributed by atoms with Crippen molar-refractivity contribution in [2.24, 2.45) is 0 Å². The van der Waals surface area contributed by atoms with Crippen molar-refractivity contribution < 1.29 is 22.4 Å². The largest absolute Gasteiger partial charge is 0.416 e. The maximum absolute atomic E-state index is 13.3. The van der Waals surface area contributed by atoms with Gasteiger partial charge in [-0.1, -0.05) is 6.07 Å². The molecular weight excluding hydrogens is 386 g/mol. The topological polar surface area (TPSA) is 44.4 Å². The van der Waals surface area contributed by atoms with Gasteiger partial charge < -0.3 is 15.5 Å². The van der Waals surface area contributed by atoms with Gasteiger partial charge in [0.15, 0.2) is 0 Å². The molecule has 154 valence electrons. The Labute approximate surface area is 165 Å². The maximum Gasteiger partial charge on any atom is 0.416 e. The Balaban J connectivity index is 1.24. The van der Waals surface area contributed by atoms with Gasteiger partial charge in [-0.3, -0.25) is 0 Å². The summed E-state index contributed by atoms with van der Waals surface area (Å²) in [4.78, 5) is 13.9. The highest BCUT2D eigenvalue weighted by molar-refractivity contribution is 5.89. The van der Waals surface area contributed by atoms with E-state index in [9.17, 15) is 22.4 Å². The molecular formula is C21H21F4N3O. The van der Waals surface area contributed by atoms with Crippen LogP contribution in [0.5, 0.6) is 0 Å². The normalized spacial score (nSPS) is 19.4. The highest BCUT2D eigenvalue weighted by Crippen LogP contribution is 2.30. The average molecular weight is 407 g/mol. The average Bonchev–Trinajstić information content (AvgIpc) is 2.64. The molecule has 4 nitrogen and oxygen atoms in total. The van der Waals surface area contributed by atoms with Crippen LogP contribution in [0.2, 0.25) is 0 Å². The fraction of sp³-hybridized carbons (Fsp3) is 0.381. The Morgan fingerprint density at radius 3 is 2.41 bits per heavy atom. The van der Waals surface area contributed by atoms with Crippen molar-refractivity contribution in [3.63, 3.8) is 0 Å². The lowest BCUT2D eigenvalue weighted by Crippen LogP contribution is -2.63. The van der Waals surface area contributed by atoms with Gasteiger partial charge in [0.1, 0.15) is 5.82 Å². The second-order valence-electron chi connectivity index (χ2n) is 7.63.